The summed E-state index contributed by atoms with van der Waals surface area (Å²) in [4.78, 5) is 38.6. The van der Waals surface area contributed by atoms with E-state index in [2.05, 4.69) is 21.2 Å². The lowest BCUT2D eigenvalue weighted by Gasteiger charge is -2.27. The summed E-state index contributed by atoms with van der Waals surface area (Å²) in [6.45, 7) is 3.01. The highest BCUT2D eigenvalue weighted by Crippen LogP contribution is 2.32. The highest BCUT2D eigenvalue weighted by molar-refractivity contribution is 9.10. The first-order valence-corrected chi connectivity index (χ1v) is 9.44. The molecular formula is C20H19BrN2O5. The lowest BCUT2D eigenvalue weighted by Crippen LogP contribution is -2.41. The van der Waals surface area contributed by atoms with Crippen LogP contribution in [0.1, 0.15) is 29.3 Å². The first-order chi connectivity index (χ1) is 13.3. The predicted molar refractivity (Wildman–Crippen MR) is 107 cm³/mol. The van der Waals surface area contributed by atoms with Gasteiger partial charge in [-0.3, -0.25) is 9.59 Å². The molecule has 0 aliphatic carbocycles. The van der Waals surface area contributed by atoms with E-state index in [0.29, 0.717) is 15.8 Å². The number of esters is 1. The Morgan fingerprint density at radius 2 is 2.04 bits per heavy atom. The average molecular weight is 447 g/mol. The molecule has 2 amide bonds. The van der Waals surface area contributed by atoms with E-state index in [-0.39, 0.29) is 23.6 Å². The second kappa shape index (κ2) is 8.02. The van der Waals surface area contributed by atoms with Gasteiger partial charge in [0.05, 0.1) is 15.8 Å². The van der Waals surface area contributed by atoms with E-state index in [4.69, 9.17) is 4.74 Å². The molecule has 3 rings (SSSR count). The summed E-state index contributed by atoms with van der Waals surface area (Å²) < 4.78 is 5.51. The highest BCUT2D eigenvalue weighted by atomic mass is 79.9. The van der Waals surface area contributed by atoms with Crippen LogP contribution in [0.4, 0.5) is 11.4 Å². The molecule has 28 heavy (non-hydrogen) atoms. The average Bonchev–Trinajstić information content (AvgIpc) is 2.76. The number of hydrogen-bond donors (Lipinski definition) is 2. The number of carbonyl (C=O) groups excluding carboxylic acids is 3. The third-order valence-corrected chi connectivity index (χ3v) is 4.99. The number of phenols is 1. The Morgan fingerprint density at radius 3 is 2.79 bits per heavy atom. The summed E-state index contributed by atoms with van der Waals surface area (Å²) in [7, 11) is 0. The van der Waals surface area contributed by atoms with Crippen LogP contribution in [-0.2, 0) is 14.3 Å². The third kappa shape index (κ3) is 4.01. The number of fused-ring (bicyclic) bond motifs is 1. The monoisotopic (exact) mass is 446 g/mol. The number of amides is 2. The molecule has 7 nitrogen and oxygen atoms in total. The lowest BCUT2D eigenvalue weighted by atomic mass is 10.1. The van der Waals surface area contributed by atoms with Crippen molar-refractivity contribution in [2.75, 3.05) is 16.8 Å². The first kappa shape index (κ1) is 19.9. The fourth-order valence-electron chi connectivity index (χ4n) is 3.13. The Bertz CT molecular complexity index is 960. The molecule has 0 radical (unpaired) electrons. The number of para-hydroxylation sites is 2. The van der Waals surface area contributed by atoms with E-state index in [1.807, 2.05) is 0 Å². The van der Waals surface area contributed by atoms with Crippen LogP contribution in [0.5, 0.6) is 5.75 Å². The van der Waals surface area contributed by atoms with Gasteiger partial charge in [-0.25, -0.2) is 4.79 Å². The zero-order chi connectivity index (χ0) is 20.4. The molecule has 0 spiro atoms. The lowest BCUT2D eigenvalue weighted by molar-refractivity contribution is -0.122. The van der Waals surface area contributed by atoms with E-state index in [9.17, 15) is 19.5 Å². The molecule has 1 heterocycles. The normalized spacial score (nSPS) is 16.0. The van der Waals surface area contributed by atoms with Gasteiger partial charge in [0.1, 0.15) is 11.3 Å². The summed E-state index contributed by atoms with van der Waals surface area (Å²) in [5, 5.41) is 12.8. The van der Waals surface area contributed by atoms with Gasteiger partial charge < -0.3 is 20.1 Å². The van der Waals surface area contributed by atoms with Gasteiger partial charge >= 0.3 is 5.97 Å². The van der Waals surface area contributed by atoms with Gasteiger partial charge in [0.15, 0.2) is 6.61 Å². The minimum Gasteiger partial charge on any atom is -0.506 e. The van der Waals surface area contributed by atoms with Crippen molar-refractivity contribution in [3.05, 3.63) is 52.0 Å². The van der Waals surface area contributed by atoms with Gasteiger partial charge in [-0.1, -0.05) is 12.1 Å². The molecule has 2 aromatic rings. The molecule has 0 saturated heterocycles. The third-order valence-electron chi connectivity index (χ3n) is 4.38. The van der Waals surface area contributed by atoms with Crippen LogP contribution in [0.3, 0.4) is 0 Å². The number of rotatable bonds is 3. The van der Waals surface area contributed by atoms with Crippen LogP contribution in [0.2, 0.25) is 0 Å². The van der Waals surface area contributed by atoms with E-state index in [0.717, 1.165) is 5.56 Å². The van der Waals surface area contributed by atoms with Gasteiger partial charge in [0, 0.05) is 12.5 Å². The molecule has 0 saturated carbocycles. The fraction of sp³-hybridized carbons (Fsp3) is 0.250. The molecule has 146 valence electrons. The molecule has 1 unspecified atom stereocenters. The Hall–Kier alpha value is -2.87. The zero-order valence-corrected chi connectivity index (χ0v) is 16.9. The molecule has 1 atom stereocenters. The number of hydrogen-bond acceptors (Lipinski definition) is 5. The number of aromatic hydroxyl groups is 1. The van der Waals surface area contributed by atoms with E-state index in [1.54, 1.807) is 44.2 Å². The number of ether oxygens (including phenoxy) is 1. The molecular weight excluding hydrogens is 428 g/mol. The topological polar surface area (TPSA) is 95.9 Å². The summed E-state index contributed by atoms with van der Waals surface area (Å²) in [6, 6.07) is 9.70. The van der Waals surface area contributed by atoms with Crippen molar-refractivity contribution in [1.29, 1.82) is 0 Å². The van der Waals surface area contributed by atoms with Crippen molar-refractivity contribution in [2.24, 2.45) is 0 Å². The van der Waals surface area contributed by atoms with Crippen LogP contribution < -0.4 is 10.2 Å². The second-order valence-corrected chi connectivity index (χ2v) is 7.46. The standard InChI is InChI=1S/C20H19BrN2O5/c1-11-7-13(19(26)14(21)8-11)20(27)28-10-18(25)23-12(2)9-17(24)22-15-5-3-4-6-16(15)23/h3-8,12,26H,9-10H2,1-2H3,(H,22,24). The smallest absolute Gasteiger partial charge is 0.342 e. The summed E-state index contributed by atoms with van der Waals surface area (Å²) >= 11 is 3.18. The maximum atomic E-state index is 12.8. The number of nitrogens with one attached hydrogen (secondary N) is 1. The van der Waals surface area contributed by atoms with E-state index in [1.165, 1.54) is 11.0 Å². The minimum absolute atomic E-state index is 0.0270. The number of carbonyl (C=O) groups is 3. The molecule has 0 aromatic heterocycles. The Kier molecular flexibility index (Phi) is 5.69. The van der Waals surface area contributed by atoms with Crippen molar-refractivity contribution < 1.29 is 24.2 Å². The SMILES string of the molecule is Cc1cc(Br)c(O)c(C(=O)OCC(=O)N2c3ccccc3NC(=O)CC2C)c1. The van der Waals surface area contributed by atoms with Crippen molar-refractivity contribution in [3.8, 4) is 5.75 Å². The molecule has 1 aliphatic heterocycles. The van der Waals surface area contributed by atoms with Gasteiger partial charge in [-0.15, -0.1) is 0 Å². The molecule has 0 fully saturated rings. The van der Waals surface area contributed by atoms with Crippen LogP contribution in [-0.4, -0.2) is 35.5 Å². The number of benzene rings is 2. The number of phenolic OH excluding ortho intramolecular Hbond substituents is 1. The van der Waals surface area contributed by atoms with Crippen LogP contribution >= 0.6 is 15.9 Å². The van der Waals surface area contributed by atoms with E-state index >= 15 is 0 Å². The van der Waals surface area contributed by atoms with E-state index < -0.39 is 24.5 Å². The van der Waals surface area contributed by atoms with Crippen molar-refractivity contribution >= 4 is 45.1 Å². The fourth-order valence-corrected chi connectivity index (χ4v) is 3.71. The minimum atomic E-state index is -0.805. The van der Waals surface area contributed by atoms with Gasteiger partial charge in [-0.05, 0) is 59.6 Å². The molecule has 2 aromatic carbocycles. The number of aryl methyl sites for hydroxylation is 1. The quantitative estimate of drug-likeness (QED) is 0.704. The Balaban J connectivity index is 1.79. The summed E-state index contributed by atoms with van der Waals surface area (Å²) in [6.07, 6.45) is 0.125. The number of anilines is 2. The zero-order valence-electron chi connectivity index (χ0n) is 15.4. The van der Waals surface area contributed by atoms with Gasteiger partial charge in [-0.2, -0.15) is 0 Å². The summed E-state index contributed by atoms with van der Waals surface area (Å²) in [5.74, 6) is -1.70. The molecule has 0 bridgehead atoms. The van der Waals surface area contributed by atoms with Gasteiger partial charge in [0.25, 0.3) is 5.91 Å². The summed E-state index contributed by atoms with van der Waals surface area (Å²) in [5.41, 5.74) is 1.79. The maximum absolute atomic E-state index is 12.8. The predicted octanol–water partition coefficient (Wildman–Crippen LogP) is 3.38. The number of nitrogens with zero attached hydrogens (tertiary/aromatic N) is 1. The van der Waals surface area contributed by atoms with Gasteiger partial charge in [0.2, 0.25) is 5.91 Å². The molecule has 1 aliphatic rings. The Morgan fingerprint density at radius 1 is 1.32 bits per heavy atom. The van der Waals surface area contributed by atoms with Crippen molar-refractivity contribution in [1.82, 2.24) is 0 Å². The van der Waals surface area contributed by atoms with Crippen molar-refractivity contribution in [3.63, 3.8) is 0 Å². The van der Waals surface area contributed by atoms with Crippen LogP contribution in [0.25, 0.3) is 0 Å². The maximum Gasteiger partial charge on any atom is 0.342 e. The second-order valence-electron chi connectivity index (χ2n) is 6.60. The van der Waals surface area contributed by atoms with Crippen molar-refractivity contribution in [2.45, 2.75) is 26.3 Å². The number of halogens is 1. The first-order valence-electron chi connectivity index (χ1n) is 8.65. The molecule has 2 N–H and O–H groups in total. The van der Waals surface area contributed by atoms with Crippen LogP contribution in [0, 0.1) is 6.92 Å². The Labute approximate surface area is 170 Å². The highest BCUT2D eigenvalue weighted by Gasteiger charge is 2.30. The largest absolute Gasteiger partial charge is 0.506 e. The molecule has 8 heteroatoms. The van der Waals surface area contributed by atoms with Crippen LogP contribution in [0.15, 0.2) is 40.9 Å².